The molecule has 0 bridgehead atoms. The molecule has 12 aliphatic carbocycles. The minimum Gasteiger partial charge on any atom is -0.311 e. The Bertz CT molecular complexity index is 1090. The molecule has 0 radical (unpaired) electrons. The normalized spacial score (nSPS) is 45.8. The van der Waals surface area contributed by atoms with E-state index in [1.807, 2.05) is 0 Å². The first kappa shape index (κ1) is 30.8. The molecule has 252 valence electrons. The molecule has 0 aromatic rings. The molecular weight excluding hydrogens is 560 g/mol. The van der Waals surface area contributed by atoms with Gasteiger partial charge in [-0.25, -0.2) is 0 Å². The van der Waals surface area contributed by atoms with Gasteiger partial charge in [-0.2, -0.15) is 0 Å². The Balaban J connectivity index is 0.0000000846. The van der Waals surface area contributed by atoms with E-state index in [-0.39, 0.29) is 0 Å². The van der Waals surface area contributed by atoms with Crippen molar-refractivity contribution >= 4 is 0 Å². The summed E-state index contributed by atoms with van der Waals surface area (Å²) in [6.07, 6.45) is 41.8. The molecule has 0 saturated heterocycles. The third-order valence-electron chi connectivity index (χ3n) is 14.8. The third kappa shape index (κ3) is 6.56. The maximum absolute atomic E-state index is 3.72. The number of hydrogen-bond acceptors (Lipinski definition) is 4. The van der Waals surface area contributed by atoms with Crippen molar-refractivity contribution in [3.05, 3.63) is 48.6 Å². The third-order valence-corrected chi connectivity index (χ3v) is 14.8. The second-order valence-electron chi connectivity index (χ2n) is 17.9. The van der Waals surface area contributed by atoms with Crippen LogP contribution in [0.4, 0.5) is 0 Å². The predicted molar refractivity (Wildman–Crippen MR) is 190 cm³/mol. The Labute approximate surface area is 281 Å². The number of fused-ring (bicyclic) bond motifs is 4. The van der Waals surface area contributed by atoms with Crippen molar-refractivity contribution in [2.45, 2.75) is 151 Å². The highest BCUT2D eigenvalue weighted by atomic mass is 15.2. The first-order valence-corrected chi connectivity index (χ1v) is 20.2. The smallest absolute Gasteiger partial charge is 0.0138 e. The summed E-state index contributed by atoms with van der Waals surface area (Å²) in [5, 5.41) is 7.44. The molecule has 46 heavy (non-hydrogen) atoms. The first-order valence-electron chi connectivity index (χ1n) is 20.2. The lowest BCUT2D eigenvalue weighted by molar-refractivity contribution is 0.0480. The molecule has 4 heteroatoms. The number of allylic oxidation sites excluding steroid dienone is 8. The van der Waals surface area contributed by atoms with Gasteiger partial charge in [0.25, 0.3) is 0 Å². The fourth-order valence-electron chi connectivity index (χ4n) is 10.7. The van der Waals surface area contributed by atoms with E-state index in [4.69, 9.17) is 0 Å². The highest BCUT2D eigenvalue weighted by Gasteiger charge is 2.48. The molecule has 8 saturated carbocycles. The second kappa shape index (κ2) is 12.9. The van der Waals surface area contributed by atoms with E-state index in [9.17, 15) is 0 Å². The van der Waals surface area contributed by atoms with Crippen molar-refractivity contribution in [1.29, 1.82) is 0 Å². The van der Waals surface area contributed by atoms with Gasteiger partial charge in [0.05, 0.1) is 0 Å². The summed E-state index contributed by atoms with van der Waals surface area (Å²) in [7, 11) is 4.66. The molecule has 0 heterocycles. The average Bonchev–Trinajstić information content (AvgIpc) is 3.85. The van der Waals surface area contributed by atoms with Crippen LogP contribution >= 0.6 is 0 Å². The highest BCUT2D eigenvalue weighted by Crippen LogP contribution is 2.49. The van der Waals surface area contributed by atoms with E-state index in [1.165, 1.54) is 103 Å². The Morgan fingerprint density at radius 3 is 1.09 bits per heavy atom. The van der Waals surface area contributed by atoms with Gasteiger partial charge in [0.2, 0.25) is 0 Å². The molecule has 8 fully saturated rings. The zero-order valence-corrected chi connectivity index (χ0v) is 29.1. The van der Waals surface area contributed by atoms with Crippen LogP contribution < -0.4 is 10.6 Å². The number of hydrogen-bond donors (Lipinski definition) is 2. The van der Waals surface area contributed by atoms with Gasteiger partial charge >= 0.3 is 0 Å². The lowest BCUT2D eigenvalue weighted by Gasteiger charge is -2.46. The van der Waals surface area contributed by atoms with Gasteiger partial charge < -0.3 is 20.4 Å². The summed E-state index contributed by atoms with van der Waals surface area (Å²) in [6, 6.07) is 7.33. The SMILES string of the molecule is C1=C[C@@H]2C[C@H](NC3CC3)[C@@H]2C1.C1=C[C@H]2C[C@@H](NC3CC3)[C@H]2C1.CN(C1CC1)[C@@H]1C[C@@H]2C=CC[C@H]12.CN(C1CC1)[C@H]1C[C@H]2C=CC[C@H]21. The topological polar surface area (TPSA) is 30.5 Å². The molecule has 4 nitrogen and oxygen atoms in total. The summed E-state index contributed by atoms with van der Waals surface area (Å²) in [6.45, 7) is 0. The van der Waals surface area contributed by atoms with E-state index in [0.29, 0.717) is 0 Å². The van der Waals surface area contributed by atoms with Gasteiger partial charge in [0, 0.05) is 48.3 Å². The Hall–Kier alpha value is -1.20. The Kier molecular flexibility index (Phi) is 8.66. The van der Waals surface area contributed by atoms with Crippen molar-refractivity contribution in [3.63, 3.8) is 0 Å². The minimum absolute atomic E-state index is 0.877. The minimum atomic E-state index is 0.877. The lowest BCUT2D eigenvalue weighted by atomic mass is 9.70. The molecule has 0 spiro atoms. The fraction of sp³-hybridized carbons (Fsp3) is 0.810. The monoisotopic (exact) mass is 625 g/mol. The number of nitrogens with one attached hydrogen (secondary N) is 2. The van der Waals surface area contributed by atoms with Crippen LogP contribution in [0.5, 0.6) is 0 Å². The summed E-state index contributed by atoms with van der Waals surface area (Å²) < 4.78 is 0. The maximum Gasteiger partial charge on any atom is 0.0138 e. The molecule has 0 amide bonds. The molecule has 0 aromatic carbocycles. The quantitative estimate of drug-likeness (QED) is 0.274. The Morgan fingerprint density at radius 2 is 0.783 bits per heavy atom. The maximum atomic E-state index is 3.72. The molecular formula is C42H64N4. The van der Waals surface area contributed by atoms with Crippen LogP contribution in [0.15, 0.2) is 48.6 Å². The molecule has 12 rings (SSSR count). The van der Waals surface area contributed by atoms with Crippen molar-refractivity contribution in [2.24, 2.45) is 47.3 Å². The van der Waals surface area contributed by atoms with Crippen LogP contribution in [-0.2, 0) is 0 Å². The Morgan fingerprint density at radius 1 is 0.435 bits per heavy atom. The summed E-state index contributed by atoms with van der Waals surface area (Å²) in [5.41, 5.74) is 0. The van der Waals surface area contributed by atoms with Crippen LogP contribution in [-0.4, -0.2) is 72.2 Å². The van der Waals surface area contributed by atoms with Crippen LogP contribution in [0.25, 0.3) is 0 Å². The van der Waals surface area contributed by atoms with E-state index in [0.717, 1.165) is 95.7 Å². The fourth-order valence-corrected chi connectivity index (χ4v) is 10.7. The van der Waals surface area contributed by atoms with E-state index < -0.39 is 0 Å². The first-order chi connectivity index (χ1) is 22.6. The number of rotatable bonds is 8. The van der Waals surface area contributed by atoms with Gasteiger partial charge in [0.15, 0.2) is 0 Å². The summed E-state index contributed by atoms with van der Waals surface area (Å²) >= 11 is 0. The van der Waals surface area contributed by atoms with Gasteiger partial charge in [-0.15, -0.1) is 0 Å². The largest absolute Gasteiger partial charge is 0.311 e. The van der Waals surface area contributed by atoms with E-state index in [2.05, 4.69) is 83.1 Å². The van der Waals surface area contributed by atoms with Crippen LogP contribution in [0, 0.1) is 47.3 Å². The standard InChI is InChI=1S/2C11H17N.2C10H15N/c2*1-12(9-5-6-9)11-7-8-3-2-4-10(8)11;2*1-2-7-6-10(9(7)3-1)11-8-4-5-8/h2*2-3,8-11H,4-7H2,1H3;2*1-2,7-11H,3-6H2/t2*8-,10-,11+;2*7-,9-,10+/m1010/s1. The molecule has 12 atom stereocenters. The summed E-state index contributed by atoms with van der Waals surface area (Å²) in [5.74, 6) is 7.77. The molecule has 12 aliphatic rings. The van der Waals surface area contributed by atoms with Crippen LogP contribution in [0.1, 0.15) is 103 Å². The van der Waals surface area contributed by atoms with Crippen molar-refractivity contribution in [2.75, 3.05) is 14.1 Å². The zero-order chi connectivity index (χ0) is 30.8. The summed E-state index contributed by atoms with van der Waals surface area (Å²) in [4.78, 5) is 5.29. The molecule has 2 N–H and O–H groups in total. The van der Waals surface area contributed by atoms with E-state index in [1.54, 1.807) is 0 Å². The van der Waals surface area contributed by atoms with Crippen LogP contribution in [0.3, 0.4) is 0 Å². The van der Waals surface area contributed by atoms with Gasteiger partial charge in [0.1, 0.15) is 0 Å². The zero-order valence-electron chi connectivity index (χ0n) is 29.1. The number of nitrogens with zero attached hydrogens (tertiary/aromatic N) is 2. The molecule has 0 unspecified atom stereocenters. The lowest BCUT2D eigenvalue weighted by Crippen LogP contribution is -2.49. The second-order valence-corrected chi connectivity index (χ2v) is 17.9. The average molecular weight is 625 g/mol. The van der Waals surface area contributed by atoms with Crippen molar-refractivity contribution in [3.8, 4) is 0 Å². The predicted octanol–water partition coefficient (Wildman–Crippen LogP) is 7.50. The van der Waals surface area contributed by atoms with Gasteiger partial charge in [-0.05, 0) is 164 Å². The van der Waals surface area contributed by atoms with Gasteiger partial charge in [-0.1, -0.05) is 48.6 Å². The van der Waals surface area contributed by atoms with Crippen molar-refractivity contribution < 1.29 is 0 Å². The van der Waals surface area contributed by atoms with Crippen LogP contribution in [0.2, 0.25) is 0 Å². The highest BCUT2D eigenvalue weighted by molar-refractivity contribution is 5.16. The van der Waals surface area contributed by atoms with Gasteiger partial charge in [-0.3, -0.25) is 0 Å². The molecule has 0 aliphatic heterocycles. The molecule has 0 aromatic heterocycles. The van der Waals surface area contributed by atoms with Crippen molar-refractivity contribution in [1.82, 2.24) is 20.4 Å². The van der Waals surface area contributed by atoms with E-state index >= 15 is 0 Å².